The molecule has 0 bridgehead atoms. The largest absolute Gasteiger partial charge is 0.361 e. The lowest BCUT2D eigenvalue weighted by Crippen LogP contribution is -2.68. The zero-order chi connectivity index (χ0) is 17.4. The minimum atomic E-state index is -1.91. The molecule has 23 heavy (non-hydrogen) atoms. The fraction of sp³-hybridized carbons (Fsp3) is 0.526. The SMILES string of the molecule is C=C(CCl)C[C@@H]1C(=O)N([Si](C)(C)C(C)(C)C)[C@@H]1c1ccccc1. The number of rotatable bonds is 5. The first-order chi connectivity index (χ1) is 10.6. The Balaban J connectivity index is 2.39. The number of hydrogen-bond donors (Lipinski definition) is 0. The Morgan fingerprint density at radius 3 is 2.30 bits per heavy atom. The van der Waals surface area contributed by atoms with E-state index in [9.17, 15) is 4.79 Å². The molecule has 2 nitrogen and oxygen atoms in total. The lowest BCUT2D eigenvalue weighted by molar-refractivity contribution is -0.148. The van der Waals surface area contributed by atoms with Gasteiger partial charge in [-0.25, -0.2) is 0 Å². The van der Waals surface area contributed by atoms with Gasteiger partial charge in [-0.05, 0) is 17.0 Å². The summed E-state index contributed by atoms with van der Waals surface area (Å²) in [4.78, 5) is 13.0. The maximum Gasteiger partial charge on any atom is 0.221 e. The van der Waals surface area contributed by atoms with Gasteiger partial charge in [-0.2, -0.15) is 0 Å². The van der Waals surface area contributed by atoms with Crippen molar-refractivity contribution in [1.29, 1.82) is 0 Å². The van der Waals surface area contributed by atoms with E-state index in [0.29, 0.717) is 12.3 Å². The molecule has 1 aromatic carbocycles. The number of allylic oxidation sites excluding steroid dienone is 1. The molecule has 0 aliphatic carbocycles. The number of amides is 1. The predicted octanol–water partition coefficient (Wildman–Crippen LogP) is 5.38. The molecule has 4 heteroatoms. The summed E-state index contributed by atoms with van der Waals surface area (Å²) < 4.78 is 2.20. The molecule has 1 heterocycles. The van der Waals surface area contributed by atoms with Gasteiger partial charge in [0.2, 0.25) is 5.91 Å². The van der Waals surface area contributed by atoms with E-state index in [2.05, 4.69) is 69.3 Å². The van der Waals surface area contributed by atoms with Gasteiger partial charge in [-0.1, -0.05) is 76.3 Å². The highest BCUT2D eigenvalue weighted by Gasteiger charge is 2.57. The van der Waals surface area contributed by atoms with E-state index in [1.54, 1.807) is 0 Å². The van der Waals surface area contributed by atoms with Gasteiger partial charge in [0.15, 0.2) is 8.24 Å². The summed E-state index contributed by atoms with van der Waals surface area (Å²) in [6.45, 7) is 15.3. The maximum atomic E-state index is 13.0. The van der Waals surface area contributed by atoms with Gasteiger partial charge in [-0.15, -0.1) is 11.6 Å². The molecule has 126 valence electrons. The van der Waals surface area contributed by atoms with Crippen LogP contribution in [0.3, 0.4) is 0 Å². The van der Waals surface area contributed by atoms with Crippen LogP contribution in [0.15, 0.2) is 42.5 Å². The van der Waals surface area contributed by atoms with Crippen LogP contribution in [-0.4, -0.2) is 24.6 Å². The molecule has 0 aromatic heterocycles. The van der Waals surface area contributed by atoms with E-state index < -0.39 is 8.24 Å². The van der Waals surface area contributed by atoms with E-state index >= 15 is 0 Å². The Morgan fingerprint density at radius 1 is 1.26 bits per heavy atom. The van der Waals surface area contributed by atoms with Gasteiger partial charge in [-0.3, -0.25) is 4.79 Å². The summed E-state index contributed by atoms with van der Waals surface area (Å²) in [6, 6.07) is 10.5. The summed E-state index contributed by atoms with van der Waals surface area (Å²) in [5.74, 6) is 0.681. The lowest BCUT2D eigenvalue weighted by Gasteiger charge is -2.59. The van der Waals surface area contributed by atoms with E-state index in [-0.39, 0.29) is 22.9 Å². The van der Waals surface area contributed by atoms with Crippen molar-refractivity contribution in [3.05, 3.63) is 48.0 Å². The molecule has 0 radical (unpaired) electrons. The van der Waals surface area contributed by atoms with Crippen LogP contribution >= 0.6 is 11.6 Å². The Labute approximate surface area is 146 Å². The second-order valence-corrected chi connectivity index (χ2v) is 13.4. The third-order valence-corrected chi connectivity index (χ3v) is 11.2. The quantitative estimate of drug-likeness (QED) is 0.302. The molecular weight excluding hydrogens is 322 g/mol. The first kappa shape index (κ1) is 18.3. The molecule has 1 aromatic rings. The molecule has 1 aliphatic heterocycles. The van der Waals surface area contributed by atoms with E-state index in [0.717, 1.165) is 5.57 Å². The molecule has 2 rings (SSSR count). The maximum absolute atomic E-state index is 13.0. The zero-order valence-corrected chi connectivity index (χ0v) is 16.7. The Kier molecular flexibility index (Phi) is 5.12. The summed E-state index contributed by atoms with van der Waals surface area (Å²) in [5, 5.41) is 0.129. The van der Waals surface area contributed by atoms with Crippen LogP contribution in [0, 0.1) is 5.92 Å². The highest BCUT2D eigenvalue weighted by atomic mass is 35.5. The third-order valence-electron chi connectivity index (χ3n) is 5.49. The highest BCUT2D eigenvalue weighted by molar-refractivity contribution is 6.80. The minimum Gasteiger partial charge on any atom is -0.361 e. The highest BCUT2D eigenvalue weighted by Crippen LogP contribution is 2.51. The third kappa shape index (κ3) is 3.27. The first-order valence-electron chi connectivity index (χ1n) is 8.22. The molecule has 1 aliphatic rings. The number of carbonyl (C=O) groups is 1. The molecule has 0 spiro atoms. The van der Waals surface area contributed by atoms with Gasteiger partial charge in [0.05, 0.1) is 12.0 Å². The number of benzene rings is 1. The first-order valence-corrected chi connectivity index (χ1v) is 11.7. The van der Waals surface area contributed by atoms with Crippen molar-refractivity contribution in [1.82, 2.24) is 4.57 Å². The summed E-state index contributed by atoms with van der Waals surface area (Å²) in [7, 11) is -1.91. The van der Waals surface area contributed by atoms with Crippen LogP contribution < -0.4 is 0 Å². The Morgan fingerprint density at radius 2 is 1.83 bits per heavy atom. The molecular formula is C19H28ClNOSi. The normalized spacial score (nSPS) is 22.0. The molecule has 0 N–H and O–H groups in total. The molecule has 1 amide bonds. The van der Waals surface area contributed by atoms with Crippen molar-refractivity contribution >= 4 is 25.7 Å². The monoisotopic (exact) mass is 349 g/mol. The van der Waals surface area contributed by atoms with Crippen LogP contribution in [0.1, 0.15) is 38.8 Å². The molecule has 1 saturated heterocycles. The van der Waals surface area contributed by atoms with Crippen molar-refractivity contribution in [3.8, 4) is 0 Å². The van der Waals surface area contributed by atoms with Gasteiger partial charge in [0, 0.05) is 5.88 Å². The van der Waals surface area contributed by atoms with Gasteiger partial charge in [0.1, 0.15) is 0 Å². The van der Waals surface area contributed by atoms with Gasteiger partial charge >= 0.3 is 0 Å². The Bertz CT molecular complexity index is 591. The number of carbonyl (C=O) groups excluding carboxylic acids is 1. The number of nitrogens with zero attached hydrogens (tertiary/aromatic N) is 1. The van der Waals surface area contributed by atoms with Crippen molar-refractivity contribution in [2.24, 2.45) is 5.92 Å². The van der Waals surface area contributed by atoms with Crippen LogP contribution in [0.5, 0.6) is 0 Å². The number of halogens is 1. The molecule has 2 atom stereocenters. The summed E-state index contributed by atoms with van der Waals surface area (Å²) in [6.07, 6.45) is 0.688. The van der Waals surface area contributed by atoms with E-state index in [1.165, 1.54) is 5.56 Å². The molecule has 1 fully saturated rings. The van der Waals surface area contributed by atoms with Crippen molar-refractivity contribution in [2.75, 3.05) is 5.88 Å². The fourth-order valence-corrected chi connectivity index (χ4v) is 5.70. The van der Waals surface area contributed by atoms with E-state index in [4.69, 9.17) is 11.6 Å². The van der Waals surface area contributed by atoms with Crippen molar-refractivity contribution in [2.45, 2.75) is 51.4 Å². The standard InChI is InChI=1S/C19H28ClNOSi/c1-14(13-20)12-16-17(15-10-8-7-9-11-15)21(18(16)22)23(5,6)19(2,3)4/h7-11,16-17H,1,12-13H2,2-6H3/t16-,17+/m0/s1. The smallest absolute Gasteiger partial charge is 0.221 e. The average Bonchev–Trinajstić information content (AvgIpc) is 2.48. The fourth-order valence-electron chi connectivity index (χ4n) is 3.13. The van der Waals surface area contributed by atoms with Gasteiger partial charge < -0.3 is 4.57 Å². The topological polar surface area (TPSA) is 20.3 Å². The Hall–Kier alpha value is -1.06. The minimum absolute atomic E-state index is 0.0159. The van der Waals surface area contributed by atoms with Crippen LogP contribution in [0.4, 0.5) is 0 Å². The second-order valence-electron chi connectivity index (χ2n) is 8.07. The van der Waals surface area contributed by atoms with E-state index in [1.807, 2.05) is 6.07 Å². The summed E-state index contributed by atoms with van der Waals surface area (Å²) in [5.41, 5.74) is 2.17. The predicted molar refractivity (Wildman–Crippen MR) is 101 cm³/mol. The van der Waals surface area contributed by atoms with Crippen LogP contribution in [0.25, 0.3) is 0 Å². The van der Waals surface area contributed by atoms with Crippen LogP contribution in [-0.2, 0) is 4.79 Å². The average molecular weight is 350 g/mol. The van der Waals surface area contributed by atoms with Crippen LogP contribution in [0.2, 0.25) is 18.1 Å². The van der Waals surface area contributed by atoms with Crippen molar-refractivity contribution in [3.63, 3.8) is 0 Å². The second kappa shape index (κ2) is 6.44. The number of β-lactam (4-membered cyclic amide) rings is 1. The number of alkyl halides is 1. The molecule has 0 unspecified atom stereocenters. The lowest BCUT2D eigenvalue weighted by atomic mass is 9.81. The van der Waals surface area contributed by atoms with Gasteiger partial charge in [0.25, 0.3) is 0 Å². The number of hydrogen-bond acceptors (Lipinski definition) is 1. The molecule has 0 saturated carbocycles. The zero-order valence-electron chi connectivity index (χ0n) is 14.9. The van der Waals surface area contributed by atoms with Crippen molar-refractivity contribution < 1.29 is 4.79 Å². The summed E-state index contributed by atoms with van der Waals surface area (Å²) >= 11 is 5.90.